The lowest BCUT2D eigenvalue weighted by molar-refractivity contribution is 0.339. The third-order valence-electron chi connectivity index (χ3n) is 2.26. The first-order chi connectivity index (χ1) is 7.70. The quantitative estimate of drug-likeness (QED) is 0.795. The van der Waals surface area contributed by atoms with Crippen LogP contribution in [0.25, 0.3) is 11.1 Å². The Hall–Kier alpha value is -1.84. The van der Waals surface area contributed by atoms with Gasteiger partial charge in [-0.15, -0.1) is 0 Å². The summed E-state index contributed by atoms with van der Waals surface area (Å²) in [4.78, 5) is 0. The number of benzene rings is 1. The van der Waals surface area contributed by atoms with Crippen molar-refractivity contribution in [2.75, 3.05) is 6.61 Å². The number of ether oxygens (including phenoxy) is 1. The highest BCUT2D eigenvalue weighted by molar-refractivity contribution is 5.69. The van der Waals surface area contributed by atoms with Gasteiger partial charge in [0.1, 0.15) is 11.6 Å². The zero-order valence-electron chi connectivity index (χ0n) is 9.27. The van der Waals surface area contributed by atoms with Crippen molar-refractivity contribution in [1.82, 2.24) is 9.78 Å². The summed E-state index contributed by atoms with van der Waals surface area (Å²) in [6.07, 6.45) is 3.60. The van der Waals surface area contributed by atoms with Gasteiger partial charge in [0, 0.05) is 30.4 Å². The van der Waals surface area contributed by atoms with E-state index in [2.05, 4.69) is 5.10 Å². The van der Waals surface area contributed by atoms with Crippen molar-refractivity contribution in [3.8, 4) is 16.9 Å². The van der Waals surface area contributed by atoms with E-state index in [1.54, 1.807) is 16.9 Å². The topological polar surface area (TPSA) is 27.1 Å². The van der Waals surface area contributed by atoms with E-state index >= 15 is 0 Å². The van der Waals surface area contributed by atoms with Crippen molar-refractivity contribution < 1.29 is 9.13 Å². The number of aromatic nitrogens is 2. The molecule has 0 aliphatic rings. The number of aryl methyl sites for hydroxylation is 1. The Morgan fingerprint density at radius 1 is 1.44 bits per heavy atom. The van der Waals surface area contributed by atoms with Gasteiger partial charge >= 0.3 is 0 Å². The van der Waals surface area contributed by atoms with Gasteiger partial charge in [-0.05, 0) is 19.1 Å². The molecule has 16 heavy (non-hydrogen) atoms. The molecule has 1 aromatic carbocycles. The van der Waals surface area contributed by atoms with Crippen molar-refractivity contribution in [2.24, 2.45) is 7.05 Å². The lowest BCUT2D eigenvalue weighted by Gasteiger charge is -2.08. The average Bonchev–Trinajstić information content (AvgIpc) is 2.65. The van der Waals surface area contributed by atoms with Gasteiger partial charge in [0.05, 0.1) is 12.8 Å². The van der Waals surface area contributed by atoms with Crippen molar-refractivity contribution in [1.29, 1.82) is 0 Å². The Balaban J connectivity index is 2.47. The molecule has 2 rings (SSSR count). The molecular formula is C12H13FN2O. The van der Waals surface area contributed by atoms with Crippen LogP contribution < -0.4 is 4.74 Å². The van der Waals surface area contributed by atoms with Crippen LogP contribution in [-0.2, 0) is 7.05 Å². The molecule has 3 nitrogen and oxygen atoms in total. The fourth-order valence-electron chi connectivity index (χ4n) is 1.57. The maximum atomic E-state index is 13.1. The SMILES string of the molecule is CCOc1cc(F)ccc1-c1cnn(C)c1. The first-order valence-electron chi connectivity index (χ1n) is 5.12. The second kappa shape index (κ2) is 4.35. The molecule has 0 fully saturated rings. The van der Waals surface area contributed by atoms with Crippen LogP contribution in [-0.4, -0.2) is 16.4 Å². The zero-order chi connectivity index (χ0) is 11.5. The number of nitrogens with zero attached hydrogens (tertiary/aromatic N) is 2. The number of hydrogen-bond donors (Lipinski definition) is 0. The summed E-state index contributed by atoms with van der Waals surface area (Å²) in [5.41, 5.74) is 1.78. The lowest BCUT2D eigenvalue weighted by atomic mass is 10.1. The second-order valence-corrected chi connectivity index (χ2v) is 3.48. The minimum Gasteiger partial charge on any atom is -0.493 e. The van der Waals surface area contributed by atoms with Crippen LogP contribution in [0, 0.1) is 5.82 Å². The third kappa shape index (κ3) is 2.05. The summed E-state index contributed by atoms with van der Waals surface area (Å²) in [6, 6.07) is 4.52. The van der Waals surface area contributed by atoms with Crippen molar-refractivity contribution in [3.63, 3.8) is 0 Å². The van der Waals surface area contributed by atoms with E-state index in [4.69, 9.17) is 4.74 Å². The standard InChI is InChI=1S/C12H13FN2O/c1-3-16-12-6-10(13)4-5-11(12)9-7-14-15(2)8-9/h4-8H,3H2,1-2H3. The highest BCUT2D eigenvalue weighted by atomic mass is 19.1. The third-order valence-corrected chi connectivity index (χ3v) is 2.26. The number of halogens is 1. The summed E-state index contributed by atoms with van der Waals surface area (Å²) in [7, 11) is 1.84. The summed E-state index contributed by atoms with van der Waals surface area (Å²) < 4.78 is 20.2. The molecule has 0 amide bonds. The summed E-state index contributed by atoms with van der Waals surface area (Å²) >= 11 is 0. The highest BCUT2D eigenvalue weighted by Crippen LogP contribution is 2.30. The van der Waals surface area contributed by atoms with Crippen LogP contribution in [0.5, 0.6) is 5.75 Å². The molecule has 4 heteroatoms. The van der Waals surface area contributed by atoms with E-state index in [0.717, 1.165) is 11.1 Å². The summed E-state index contributed by atoms with van der Waals surface area (Å²) in [5.74, 6) is 0.256. The predicted octanol–water partition coefficient (Wildman–Crippen LogP) is 2.62. The highest BCUT2D eigenvalue weighted by Gasteiger charge is 2.08. The van der Waals surface area contributed by atoms with E-state index in [-0.39, 0.29) is 5.82 Å². The molecule has 1 aromatic heterocycles. The van der Waals surface area contributed by atoms with Gasteiger partial charge < -0.3 is 4.74 Å². The normalized spacial score (nSPS) is 10.4. The molecule has 0 aliphatic carbocycles. The Labute approximate surface area is 93.5 Å². The Bertz CT molecular complexity index is 494. The van der Waals surface area contributed by atoms with Crippen LogP contribution in [0.4, 0.5) is 4.39 Å². The van der Waals surface area contributed by atoms with Gasteiger partial charge in [-0.3, -0.25) is 4.68 Å². The summed E-state index contributed by atoms with van der Waals surface area (Å²) in [6.45, 7) is 2.38. The van der Waals surface area contributed by atoms with Crippen molar-refractivity contribution in [2.45, 2.75) is 6.92 Å². The fourth-order valence-corrected chi connectivity index (χ4v) is 1.57. The second-order valence-electron chi connectivity index (χ2n) is 3.48. The van der Waals surface area contributed by atoms with Gasteiger partial charge in [0.15, 0.2) is 0 Å². The minimum atomic E-state index is -0.295. The first-order valence-corrected chi connectivity index (χ1v) is 5.12. The van der Waals surface area contributed by atoms with Gasteiger partial charge in [-0.1, -0.05) is 0 Å². The molecule has 0 saturated heterocycles. The monoisotopic (exact) mass is 220 g/mol. The molecule has 0 atom stereocenters. The van der Waals surface area contributed by atoms with Crippen LogP contribution in [0.3, 0.4) is 0 Å². The Morgan fingerprint density at radius 3 is 2.88 bits per heavy atom. The predicted molar refractivity (Wildman–Crippen MR) is 59.8 cm³/mol. The Kier molecular flexibility index (Phi) is 2.90. The first kappa shape index (κ1) is 10.7. The van der Waals surface area contributed by atoms with E-state index in [9.17, 15) is 4.39 Å². The van der Waals surface area contributed by atoms with Gasteiger partial charge in [0.2, 0.25) is 0 Å². The van der Waals surface area contributed by atoms with Gasteiger partial charge in [0.25, 0.3) is 0 Å². The molecule has 0 bridgehead atoms. The maximum absolute atomic E-state index is 13.1. The molecule has 0 spiro atoms. The van der Waals surface area contributed by atoms with Gasteiger partial charge in [-0.25, -0.2) is 4.39 Å². The minimum absolute atomic E-state index is 0.295. The van der Waals surface area contributed by atoms with Crippen molar-refractivity contribution >= 4 is 0 Å². The number of rotatable bonds is 3. The molecule has 0 saturated carbocycles. The van der Waals surface area contributed by atoms with E-state index in [1.165, 1.54) is 12.1 Å². The summed E-state index contributed by atoms with van der Waals surface area (Å²) in [5, 5.41) is 4.08. The van der Waals surface area contributed by atoms with E-state index < -0.39 is 0 Å². The lowest BCUT2D eigenvalue weighted by Crippen LogP contribution is -1.94. The van der Waals surface area contributed by atoms with E-state index in [1.807, 2.05) is 20.2 Å². The van der Waals surface area contributed by atoms with Crippen LogP contribution in [0.2, 0.25) is 0 Å². The van der Waals surface area contributed by atoms with Crippen LogP contribution >= 0.6 is 0 Å². The molecule has 0 radical (unpaired) electrons. The largest absolute Gasteiger partial charge is 0.493 e. The molecule has 0 unspecified atom stereocenters. The van der Waals surface area contributed by atoms with Crippen molar-refractivity contribution in [3.05, 3.63) is 36.4 Å². The maximum Gasteiger partial charge on any atom is 0.130 e. The molecule has 0 aliphatic heterocycles. The fraction of sp³-hybridized carbons (Fsp3) is 0.250. The van der Waals surface area contributed by atoms with Gasteiger partial charge in [-0.2, -0.15) is 5.10 Å². The average molecular weight is 220 g/mol. The molecular weight excluding hydrogens is 207 g/mol. The van der Waals surface area contributed by atoms with E-state index in [0.29, 0.717) is 12.4 Å². The van der Waals surface area contributed by atoms with Crippen LogP contribution in [0.15, 0.2) is 30.6 Å². The smallest absolute Gasteiger partial charge is 0.130 e. The molecule has 0 N–H and O–H groups in total. The Morgan fingerprint density at radius 2 is 2.25 bits per heavy atom. The molecule has 2 aromatic rings. The zero-order valence-corrected chi connectivity index (χ0v) is 9.27. The molecule has 84 valence electrons. The number of hydrogen-bond acceptors (Lipinski definition) is 2. The molecule has 1 heterocycles. The van der Waals surface area contributed by atoms with Crippen LogP contribution in [0.1, 0.15) is 6.92 Å².